The molecule has 1 rings (SSSR count). The summed E-state index contributed by atoms with van der Waals surface area (Å²) in [5.41, 5.74) is 5.53. The van der Waals surface area contributed by atoms with Crippen LogP contribution in [0.4, 0.5) is 4.79 Å². The molecule has 1 aromatic heterocycles. The number of nitrogens with two attached hydrogens (primary N) is 1. The van der Waals surface area contributed by atoms with Crippen molar-refractivity contribution in [2.75, 3.05) is 0 Å². The van der Waals surface area contributed by atoms with Crippen molar-refractivity contribution in [1.82, 2.24) is 20.6 Å². The van der Waals surface area contributed by atoms with Gasteiger partial charge in [-0.15, -0.1) is 0 Å². The van der Waals surface area contributed by atoms with Crippen molar-refractivity contribution in [3.8, 4) is 0 Å². The minimum Gasteiger partial charge on any atom is -0.480 e. The summed E-state index contributed by atoms with van der Waals surface area (Å²) in [5.74, 6) is -2.14. The van der Waals surface area contributed by atoms with Gasteiger partial charge in [-0.25, -0.2) is 14.6 Å². The molecule has 0 unspecified atom stereocenters. The molecule has 1 aromatic rings. The van der Waals surface area contributed by atoms with Crippen LogP contribution in [0.25, 0.3) is 0 Å². The molecule has 9 heteroatoms. The third-order valence-electron chi connectivity index (χ3n) is 2.00. The number of carbonyl (C=O) groups is 3. The van der Waals surface area contributed by atoms with Gasteiger partial charge in [0.1, 0.15) is 6.04 Å². The van der Waals surface area contributed by atoms with E-state index in [9.17, 15) is 14.4 Å². The van der Waals surface area contributed by atoms with Crippen LogP contribution in [0.5, 0.6) is 0 Å². The number of urea groups is 1. The summed E-state index contributed by atoms with van der Waals surface area (Å²) in [7, 11) is 0. The number of hydrogen-bond acceptors (Lipinski definition) is 4. The maximum atomic E-state index is 11.4. The predicted molar refractivity (Wildman–Crippen MR) is 59.2 cm³/mol. The van der Waals surface area contributed by atoms with Crippen molar-refractivity contribution in [3.05, 3.63) is 18.2 Å². The molecule has 0 bridgehead atoms. The lowest BCUT2D eigenvalue weighted by Gasteiger charge is -2.13. The van der Waals surface area contributed by atoms with Crippen LogP contribution >= 0.6 is 0 Å². The minimum absolute atomic E-state index is 0.161. The fraction of sp³-hybridized carbons (Fsp3) is 0.333. The van der Waals surface area contributed by atoms with Gasteiger partial charge in [0.2, 0.25) is 5.91 Å². The van der Waals surface area contributed by atoms with Gasteiger partial charge in [-0.3, -0.25) is 4.79 Å². The van der Waals surface area contributed by atoms with Gasteiger partial charge in [-0.2, -0.15) is 0 Å². The number of carbonyl (C=O) groups excluding carboxylic acids is 2. The molecule has 0 aliphatic carbocycles. The standard InChI is InChI=1S/C9H13N5O4/c10-7(15)1-6(8(16)17)14-9(18)12-3-5-2-11-4-13-5/h2,4,6H,1,3H2,(H2,10,15)(H,11,13)(H,16,17)(H2,12,14,18)/t6-/m0/s1. The molecule has 0 saturated heterocycles. The number of nitrogens with zero attached hydrogens (tertiary/aromatic N) is 1. The lowest BCUT2D eigenvalue weighted by atomic mass is 10.2. The van der Waals surface area contributed by atoms with Gasteiger partial charge in [0.05, 0.1) is 25.0 Å². The van der Waals surface area contributed by atoms with Crippen LogP contribution in [0.15, 0.2) is 12.5 Å². The molecular formula is C9H13N5O4. The number of nitrogens with one attached hydrogen (secondary N) is 3. The van der Waals surface area contributed by atoms with Crippen LogP contribution in [0.1, 0.15) is 12.1 Å². The Bertz CT molecular complexity index is 430. The smallest absolute Gasteiger partial charge is 0.326 e. The monoisotopic (exact) mass is 255 g/mol. The molecule has 0 aliphatic rings. The predicted octanol–water partition coefficient (Wildman–Crippen LogP) is -1.46. The van der Waals surface area contributed by atoms with E-state index in [2.05, 4.69) is 20.6 Å². The summed E-state index contributed by atoms with van der Waals surface area (Å²) in [4.78, 5) is 39.2. The first kappa shape index (κ1) is 13.5. The minimum atomic E-state index is -1.34. The zero-order valence-corrected chi connectivity index (χ0v) is 9.34. The Kier molecular flexibility index (Phi) is 4.67. The number of imidazole rings is 1. The molecular weight excluding hydrogens is 242 g/mol. The number of hydrogen-bond donors (Lipinski definition) is 5. The SMILES string of the molecule is NC(=O)C[C@H](NC(=O)NCc1cnc[nH]1)C(=O)O. The highest BCUT2D eigenvalue weighted by molar-refractivity contribution is 5.87. The maximum absolute atomic E-state index is 11.4. The number of amides is 3. The van der Waals surface area contributed by atoms with Crippen molar-refractivity contribution >= 4 is 17.9 Å². The quantitative estimate of drug-likeness (QED) is 0.420. The van der Waals surface area contributed by atoms with Crippen LogP contribution in [0.2, 0.25) is 0 Å². The highest BCUT2D eigenvalue weighted by Gasteiger charge is 2.21. The molecule has 0 radical (unpaired) electrons. The van der Waals surface area contributed by atoms with Crippen molar-refractivity contribution < 1.29 is 19.5 Å². The molecule has 1 heterocycles. The van der Waals surface area contributed by atoms with E-state index in [1.165, 1.54) is 12.5 Å². The van der Waals surface area contributed by atoms with Crippen LogP contribution in [0, 0.1) is 0 Å². The number of aliphatic carboxylic acids is 1. The number of aromatic amines is 1. The van der Waals surface area contributed by atoms with E-state index in [0.29, 0.717) is 5.69 Å². The first-order chi connectivity index (χ1) is 8.49. The summed E-state index contributed by atoms with van der Waals surface area (Å²) < 4.78 is 0. The fourth-order valence-corrected chi connectivity index (χ4v) is 1.17. The summed E-state index contributed by atoms with van der Waals surface area (Å²) >= 11 is 0. The first-order valence-corrected chi connectivity index (χ1v) is 5.01. The Morgan fingerprint density at radius 2 is 2.22 bits per heavy atom. The zero-order chi connectivity index (χ0) is 13.5. The molecule has 0 aliphatic heterocycles. The van der Waals surface area contributed by atoms with Gasteiger partial charge in [-0.1, -0.05) is 0 Å². The average Bonchev–Trinajstić information content (AvgIpc) is 2.77. The molecule has 0 aromatic carbocycles. The number of aromatic nitrogens is 2. The number of rotatable bonds is 6. The fourth-order valence-electron chi connectivity index (χ4n) is 1.17. The summed E-state index contributed by atoms with van der Waals surface area (Å²) in [6.45, 7) is 0.161. The molecule has 0 fully saturated rings. The third-order valence-corrected chi connectivity index (χ3v) is 2.00. The molecule has 3 amide bonds. The Morgan fingerprint density at radius 1 is 1.50 bits per heavy atom. The van der Waals surface area contributed by atoms with Gasteiger partial charge < -0.3 is 26.5 Å². The van der Waals surface area contributed by atoms with Crippen LogP contribution in [-0.2, 0) is 16.1 Å². The van der Waals surface area contributed by atoms with Gasteiger partial charge in [0.25, 0.3) is 0 Å². The lowest BCUT2D eigenvalue weighted by Crippen LogP contribution is -2.47. The van der Waals surface area contributed by atoms with Crippen molar-refractivity contribution in [1.29, 1.82) is 0 Å². The highest BCUT2D eigenvalue weighted by atomic mass is 16.4. The van der Waals surface area contributed by atoms with E-state index in [4.69, 9.17) is 10.8 Å². The molecule has 18 heavy (non-hydrogen) atoms. The van der Waals surface area contributed by atoms with E-state index in [1.807, 2.05) is 0 Å². The lowest BCUT2D eigenvalue weighted by molar-refractivity contribution is -0.140. The maximum Gasteiger partial charge on any atom is 0.326 e. The molecule has 6 N–H and O–H groups in total. The summed E-state index contributed by atoms with van der Waals surface area (Å²) in [6.07, 6.45) is 2.49. The molecule has 0 saturated carbocycles. The number of carboxylic acid groups (broad SMARTS) is 1. The second kappa shape index (κ2) is 6.23. The second-order valence-corrected chi connectivity index (χ2v) is 3.47. The van der Waals surface area contributed by atoms with Gasteiger partial charge in [0, 0.05) is 6.20 Å². The van der Waals surface area contributed by atoms with E-state index in [0.717, 1.165) is 0 Å². The largest absolute Gasteiger partial charge is 0.480 e. The van der Waals surface area contributed by atoms with Crippen LogP contribution < -0.4 is 16.4 Å². The molecule has 1 atom stereocenters. The van der Waals surface area contributed by atoms with E-state index in [1.54, 1.807) is 0 Å². The second-order valence-electron chi connectivity index (χ2n) is 3.47. The van der Waals surface area contributed by atoms with Crippen LogP contribution in [0.3, 0.4) is 0 Å². The average molecular weight is 255 g/mol. The molecule has 0 spiro atoms. The topological polar surface area (TPSA) is 150 Å². The van der Waals surface area contributed by atoms with E-state index in [-0.39, 0.29) is 6.54 Å². The summed E-state index contributed by atoms with van der Waals surface area (Å²) in [6, 6.07) is -2.05. The number of carboxylic acids is 1. The normalized spacial score (nSPS) is 11.6. The van der Waals surface area contributed by atoms with Crippen molar-refractivity contribution in [3.63, 3.8) is 0 Å². The van der Waals surface area contributed by atoms with Gasteiger partial charge in [-0.05, 0) is 0 Å². The first-order valence-electron chi connectivity index (χ1n) is 5.01. The van der Waals surface area contributed by atoms with Crippen LogP contribution in [-0.4, -0.2) is 39.0 Å². The van der Waals surface area contributed by atoms with Crippen molar-refractivity contribution in [2.45, 2.75) is 19.0 Å². The Balaban J connectivity index is 2.41. The van der Waals surface area contributed by atoms with Crippen molar-refractivity contribution in [2.24, 2.45) is 5.73 Å². The van der Waals surface area contributed by atoms with Gasteiger partial charge >= 0.3 is 12.0 Å². The highest BCUT2D eigenvalue weighted by Crippen LogP contribution is 1.93. The summed E-state index contributed by atoms with van der Waals surface area (Å²) in [5, 5.41) is 13.3. The van der Waals surface area contributed by atoms with E-state index < -0.39 is 30.4 Å². The third kappa shape index (κ3) is 4.51. The number of H-pyrrole nitrogens is 1. The van der Waals surface area contributed by atoms with E-state index >= 15 is 0 Å². The zero-order valence-electron chi connectivity index (χ0n) is 9.34. The number of primary amides is 1. The van der Waals surface area contributed by atoms with Gasteiger partial charge in [0.15, 0.2) is 0 Å². The Labute approximate surface area is 102 Å². The Morgan fingerprint density at radius 3 is 2.72 bits per heavy atom. The Hall–Kier alpha value is -2.58. The molecule has 9 nitrogen and oxygen atoms in total. The molecule has 98 valence electrons.